The quantitative estimate of drug-likeness (QED) is 0.758. The van der Waals surface area contributed by atoms with Gasteiger partial charge in [0.15, 0.2) is 0 Å². The van der Waals surface area contributed by atoms with E-state index in [2.05, 4.69) is 5.32 Å². The Hall–Kier alpha value is -1.51. The van der Waals surface area contributed by atoms with Crippen LogP contribution in [0.2, 0.25) is 0 Å². The van der Waals surface area contributed by atoms with Crippen molar-refractivity contribution in [2.45, 2.75) is 38.5 Å². The molecule has 3 heteroatoms. The molecule has 3 nitrogen and oxygen atoms in total. The highest BCUT2D eigenvalue weighted by atomic mass is 16.1. The van der Waals surface area contributed by atoms with E-state index in [1.54, 1.807) is 0 Å². The van der Waals surface area contributed by atoms with Gasteiger partial charge in [-0.3, -0.25) is 4.79 Å². The zero-order valence-electron chi connectivity index (χ0n) is 10.8. The van der Waals surface area contributed by atoms with Crippen molar-refractivity contribution >= 4 is 11.6 Å². The van der Waals surface area contributed by atoms with Gasteiger partial charge in [0.1, 0.15) is 0 Å². The molecule has 98 valence electrons. The van der Waals surface area contributed by atoms with Crippen molar-refractivity contribution in [3.63, 3.8) is 0 Å². The van der Waals surface area contributed by atoms with E-state index < -0.39 is 0 Å². The fourth-order valence-corrected chi connectivity index (χ4v) is 2.29. The second kappa shape index (κ2) is 6.43. The Morgan fingerprint density at radius 1 is 1.39 bits per heavy atom. The van der Waals surface area contributed by atoms with E-state index in [1.807, 2.05) is 24.3 Å². The third-order valence-corrected chi connectivity index (χ3v) is 3.69. The third-order valence-electron chi connectivity index (χ3n) is 3.69. The zero-order valence-corrected chi connectivity index (χ0v) is 10.8. The van der Waals surface area contributed by atoms with Gasteiger partial charge in [-0.1, -0.05) is 31.4 Å². The van der Waals surface area contributed by atoms with Gasteiger partial charge in [0, 0.05) is 18.7 Å². The summed E-state index contributed by atoms with van der Waals surface area (Å²) in [4.78, 5) is 11.6. The van der Waals surface area contributed by atoms with Gasteiger partial charge >= 0.3 is 0 Å². The Balaban J connectivity index is 1.61. The van der Waals surface area contributed by atoms with E-state index in [0.717, 1.165) is 36.6 Å². The molecular weight excluding hydrogens is 224 g/mol. The lowest BCUT2D eigenvalue weighted by Gasteiger charge is -2.25. The molecule has 0 saturated heterocycles. The van der Waals surface area contributed by atoms with Crippen LogP contribution in [0, 0.1) is 5.92 Å². The molecule has 0 radical (unpaired) electrons. The molecule has 2 rings (SSSR count). The van der Waals surface area contributed by atoms with E-state index in [9.17, 15) is 4.79 Å². The number of amides is 1. The Kier molecular flexibility index (Phi) is 4.62. The average molecular weight is 246 g/mol. The topological polar surface area (TPSA) is 55.1 Å². The van der Waals surface area contributed by atoms with E-state index in [-0.39, 0.29) is 5.91 Å². The monoisotopic (exact) mass is 246 g/mol. The molecule has 18 heavy (non-hydrogen) atoms. The molecule has 1 fully saturated rings. The van der Waals surface area contributed by atoms with Gasteiger partial charge in [0.2, 0.25) is 5.91 Å². The van der Waals surface area contributed by atoms with Gasteiger partial charge in [-0.25, -0.2) is 0 Å². The molecule has 0 unspecified atom stereocenters. The summed E-state index contributed by atoms with van der Waals surface area (Å²) in [6.07, 6.45) is 6.52. The first-order valence-corrected chi connectivity index (χ1v) is 6.85. The lowest BCUT2D eigenvalue weighted by Crippen LogP contribution is -2.27. The fourth-order valence-electron chi connectivity index (χ4n) is 2.29. The fraction of sp³-hybridized carbons (Fsp3) is 0.533. The maximum absolute atomic E-state index is 11.6. The molecule has 0 heterocycles. The number of rotatable bonds is 6. The molecule has 3 N–H and O–H groups in total. The largest absolute Gasteiger partial charge is 0.399 e. The molecule has 0 atom stereocenters. The Labute approximate surface area is 109 Å². The summed E-state index contributed by atoms with van der Waals surface area (Å²) in [6, 6.07) is 7.74. The van der Waals surface area contributed by atoms with Crippen LogP contribution in [-0.4, -0.2) is 12.5 Å². The van der Waals surface area contributed by atoms with Crippen molar-refractivity contribution in [1.29, 1.82) is 0 Å². The summed E-state index contributed by atoms with van der Waals surface area (Å²) in [5, 5.41) is 3.00. The summed E-state index contributed by atoms with van der Waals surface area (Å²) in [7, 11) is 0. The van der Waals surface area contributed by atoms with Gasteiger partial charge in [0.25, 0.3) is 0 Å². The number of aryl methyl sites for hydroxylation is 1. The van der Waals surface area contributed by atoms with Gasteiger partial charge in [-0.15, -0.1) is 0 Å². The van der Waals surface area contributed by atoms with Crippen molar-refractivity contribution in [2.24, 2.45) is 5.92 Å². The number of carbonyl (C=O) groups excluding carboxylic acids is 1. The first-order valence-electron chi connectivity index (χ1n) is 6.85. The van der Waals surface area contributed by atoms with Gasteiger partial charge in [-0.05, 0) is 36.5 Å². The molecular formula is C15H22N2O. The molecule has 1 aromatic rings. The molecule has 1 aliphatic rings. The minimum absolute atomic E-state index is 0.150. The Bertz CT molecular complexity index is 399. The number of hydrogen-bond donors (Lipinski definition) is 2. The van der Waals surface area contributed by atoms with Crippen LogP contribution in [0.25, 0.3) is 0 Å². The minimum atomic E-state index is 0.150. The van der Waals surface area contributed by atoms with Gasteiger partial charge in [0.05, 0.1) is 0 Å². The molecule has 1 saturated carbocycles. The lowest BCUT2D eigenvalue weighted by molar-refractivity contribution is -0.121. The van der Waals surface area contributed by atoms with Crippen LogP contribution in [-0.2, 0) is 11.2 Å². The predicted octanol–water partition coefficient (Wildman–Crippen LogP) is 2.51. The standard InChI is InChI=1S/C15H22N2O/c16-14-6-2-5-13(11-14)7-8-15(18)17-10-9-12-3-1-4-12/h2,5-6,11-12H,1,3-4,7-10,16H2,(H,17,18). The predicted molar refractivity (Wildman–Crippen MR) is 74.1 cm³/mol. The summed E-state index contributed by atoms with van der Waals surface area (Å²) >= 11 is 0. The molecule has 0 aromatic heterocycles. The van der Waals surface area contributed by atoms with E-state index in [4.69, 9.17) is 5.73 Å². The van der Waals surface area contributed by atoms with E-state index in [0.29, 0.717) is 6.42 Å². The number of anilines is 1. The first kappa shape index (κ1) is 12.9. The third kappa shape index (κ3) is 4.06. The normalized spacial score (nSPS) is 15.1. The number of hydrogen-bond acceptors (Lipinski definition) is 2. The summed E-state index contributed by atoms with van der Waals surface area (Å²) < 4.78 is 0. The van der Waals surface area contributed by atoms with Crippen LogP contribution in [0.1, 0.15) is 37.7 Å². The van der Waals surface area contributed by atoms with Crippen LogP contribution >= 0.6 is 0 Å². The second-order valence-electron chi connectivity index (χ2n) is 5.18. The highest BCUT2D eigenvalue weighted by molar-refractivity contribution is 5.76. The van der Waals surface area contributed by atoms with Crippen LogP contribution in [0.4, 0.5) is 5.69 Å². The van der Waals surface area contributed by atoms with Crippen molar-refractivity contribution < 1.29 is 4.79 Å². The van der Waals surface area contributed by atoms with Gasteiger partial charge < -0.3 is 11.1 Å². The Morgan fingerprint density at radius 3 is 2.89 bits per heavy atom. The smallest absolute Gasteiger partial charge is 0.220 e. The van der Waals surface area contributed by atoms with E-state index >= 15 is 0 Å². The number of nitrogen functional groups attached to an aromatic ring is 1. The van der Waals surface area contributed by atoms with Crippen molar-refractivity contribution in [3.8, 4) is 0 Å². The number of nitrogens with two attached hydrogens (primary N) is 1. The molecule has 1 amide bonds. The minimum Gasteiger partial charge on any atom is -0.399 e. The SMILES string of the molecule is Nc1cccc(CCC(=O)NCCC2CCC2)c1. The van der Waals surface area contributed by atoms with Crippen LogP contribution < -0.4 is 11.1 Å². The number of benzene rings is 1. The Morgan fingerprint density at radius 2 is 2.22 bits per heavy atom. The molecule has 0 spiro atoms. The summed E-state index contributed by atoms with van der Waals surface area (Å²) in [5.74, 6) is 1.01. The highest BCUT2D eigenvalue weighted by Gasteiger charge is 2.16. The maximum Gasteiger partial charge on any atom is 0.220 e. The first-order chi connectivity index (χ1) is 8.74. The van der Waals surface area contributed by atoms with Crippen molar-refractivity contribution in [1.82, 2.24) is 5.32 Å². The average Bonchev–Trinajstić information content (AvgIpc) is 2.30. The number of carbonyl (C=O) groups is 1. The molecule has 1 aliphatic carbocycles. The molecule has 0 aliphatic heterocycles. The van der Waals surface area contributed by atoms with Crippen molar-refractivity contribution in [2.75, 3.05) is 12.3 Å². The van der Waals surface area contributed by atoms with Crippen LogP contribution in [0.5, 0.6) is 0 Å². The van der Waals surface area contributed by atoms with Crippen LogP contribution in [0.15, 0.2) is 24.3 Å². The molecule has 0 bridgehead atoms. The summed E-state index contributed by atoms with van der Waals surface area (Å²) in [5.41, 5.74) is 7.59. The molecule has 1 aromatic carbocycles. The zero-order chi connectivity index (χ0) is 12.8. The van der Waals surface area contributed by atoms with Crippen LogP contribution in [0.3, 0.4) is 0 Å². The lowest BCUT2D eigenvalue weighted by atomic mass is 9.83. The second-order valence-corrected chi connectivity index (χ2v) is 5.18. The summed E-state index contributed by atoms with van der Waals surface area (Å²) in [6.45, 7) is 0.834. The van der Waals surface area contributed by atoms with Crippen molar-refractivity contribution in [3.05, 3.63) is 29.8 Å². The highest BCUT2D eigenvalue weighted by Crippen LogP contribution is 2.28. The number of nitrogens with one attached hydrogen (secondary N) is 1. The van der Waals surface area contributed by atoms with E-state index in [1.165, 1.54) is 19.3 Å². The van der Waals surface area contributed by atoms with Gasteiger partial charge in [-0.2, -0.15) is 0 Å². The maximum atomic E-state index is 11.6.